The summed E-state index contributed by atoms with van der Waals surface area (Å²) in [5, 5.41) is 27.7. The number of nitrogens with one attached hydrogen (secondary N) is 2. The fourth-order valence-electron chi connectivity index (χ4n) is 3.39. The maximum Gasteiger partial charge on any atom is 0.416 e. The van der Waals surface area contributed by atoms with Crippen molar-refractivity contribution >= 4 is 46.8 Å². The van der Waals surface area contributed by atoms with Gasteiger partial charge in [-0.15, -0.1) is 5.10 Å². The number of benzene rings is 2. The number of nitrogens with zero attached hydrogens (tertiary/aromatic N) is 3. The lowest BCUT2D eigenvalue weighted by molar-refractivity contribution is -0.207. The van der Waals surface area contributed by atoms with E-state index in [9.17, 15) is 32.7 Å². The number of alkyl halides is 3. The van der Waals surface area contributed by atoms with Crippen LogP contribution in [0, 0.1) is 0 Å². The van der Waals surface area contributed by atoms with Crippen LogP contribution in [-0.4, -0.2) is 55.4 Å². The van der Waals surface area contributed by atoms with Gasteiger partial charge in [-0.05, 0) is 35.9 Å². The maximum absolute atomic E-state index is 13.0. The predicted molar refractivity (Wildman–Crippen MR) is 132 cm³/mol. The molecule has 38 heavy (non-hydrogen) atoms. The number of carbonyl (C=O) groups is 2. The number of halogens is 6. The summed E-state index contributed by atoms with van der Waals surface area (Å²) in [5.74, 6) is -1.09. The normalized spacial score (nSPS) is 13.1. The molecule has 1 heterocycles. The van der Waals surface area contributed by atoms with Gasteiger partial charge in [-0.1, -0.05) is 46.9 Å². The van der Waals surface area contributed by atoms with E-state index in [4.69, 9.17) is 39.9 Å². The smallest absolute Gasteiger partial charge is 0.416 e. The second kappa shape index (κ2) is 12.1. The summed E-state index contributed by atoms with van der Waals surface area (Å²) < 4.78 is 40.3. The summed E-state index contributed by atoms with van der Waals surface area (Å²) >= 11 is 18.1. The number of rotatable bonds is 9. The van der Waals surface area contributed by atoms with Gasteiger partial charge in [0.15, 0.2) is 11.9 Å². The van der Waals surface area contributed by atoms with Crippen LogP contribution in [0.2, 0.25) is 15.1 Å². The van der Waals surface area contributed by atoms with E-state index >= 15 is 0 Å². The fraction of sp³-hybridized carbons (Fsp3) is 0.273. The monoisotopic (exact) mass is 595 g/mol. The van der Waals surface area contributed by atoms with Crippen molar-refractivity contribution in [2.45, 2.75) is 31.4 Å². The third-order valence-corrected chi connectivity index (χ3v) is 6.29. The van der Waals surface area contributed by atoms with Crippen molar-refractivity contribution in [1.82, 2.24) is 25.0 Å². The van der Waals surface area contributed by atoms with E-state index in [2.05, 4.69) is 15.7 Å². The minimum Gasteiger partial charge on any atom is -0.465 e. The molecule has 1 aromatic heterocycles. The molecule has 3 aromatic rings. The molecular weight excluding hydrogens is 578 g/mol. The van der Waals surface area contributed by atoms with Crippen molar-refractivity contribution < 1.29 is 33.0 Å². The molecule has 0 saturated heterocycles. The molecule has 0 aliphatic carbocycles. The highest BCUT2D eigenvalue weighted by atomic mass is 35.5. The quantitative estimate of drug-likeness (QED) is 0.297. The number of aromatic nitrogens is 3. The summed E-state index contributed by atoms with van der Waals surface area (Å²) in [7, 11) is 0. The molecule has 0 aliphatic heterocycles. The van der Waals surface area contributed by atoms with Gasteiger partial charge in [-0.2, -0.15) is 13.2 Å². The van der Waals surface area contributed by atoms with Crippen molar-refractivity contribution in [3.05, 3.63) is 73.6 Å². The third kappa shape index (κ3) is 7.19. The summed E-state index contributed by atoms with van der Waals surface area (Å²) in [6.07, 6.45) is -9.28. The van der Waals surface area contributed by atoms with Crippen molar-refractivity contribution in [3.8, 4) is 11.4 Å². The van der Waals surface area contributed by atoms with Crippen molar-refractivity contribution in [1.29, 1.82) is 0 Å². The summed E-state index contributed by atoms with van der Waals surface area (Å²) in [6.45, 7) is -2.25. The summed E-state index contributed by atoms with van der Waals surface area (Å²) in [6, 6.07) is 9.14. The molecule has 3 rings (SSSR count). The third-order valence-electron chi connectivity index (χ3n) is 5.20. The molecule has 10 nitrogen and oxygen atoms in total. The Balaban J connectivity index is 1.93. The molecular formula is C22H19Cl3F3N5O5. The molecule has 4 N–H and O–H groups in total. The molecule has 0 aliphatic rings. The van der Waals surface area contributed by atoms with Crippen molar-refractivity contribution in [2.24, 2.45) is 0 Å². The lowest BCUT2D eigenvalue weighted by atomic mass is 10.1. The Hall–Kier alpha value is -3.26. The summed E-state index contributed by atoms with van der Waals surface area (Å²) in [5.41, 5.74) is -0.627. The Morgan fingerprint density at radius 2 is 1.74 bits per heavy atom. The van der Waals surface area contributed by atoms with E-state index < -0.39 is 49.1 Å². The van der Waals surface area contributed by atoms with Crippen LogP contribution >= 0.6 is 34.8 Å². The number of aliphatic hydroxyl groups excluding tert-OH is 1. The van der Waals surface area contributed by atoms with Crippen LogP contribution in [-0.2, 0) is 17.9 Å². The highest BCUT2D eigenvalue weighted by Gasteiger charge is 2.39. The second-order valence-corrected chi connectivity index (χ2v) is 9.11. The molecule has 0 radical (unpaired) electrons. The largest absolute Gasteiger partial charge is 0.465 e. The van der Waals surface area contributed by atoms with Crippen LogP contribution in [0.3, 0.4) is 0 Å². The van der Waals surface area contributed by atoms with E-state index in [1.54, 1.807) is 0 Å². The Bertz CT molecular complexity index is 1380. The van der Waals surface area contributed by atoms with Crippen LogP contribution < -0.4 is 16.3 Å². The first-order valence-electron chi connectivity index (χ1n) is 10.7. The molecule has 0 saturated carbocycles. The predicted octanol–water partition coefficient (Wildman–Crippen LogP) is 3.72. The Morgan fingerprint density at radius 3 is 2.34 bits per heavy atom. The van der Waals surface area contributed by atoms with Crippen molar-refractivity contribution in [3.63, 3.8) is 0 Å². The van der Waals surface area contributed by atoms with Crippen LogP contribution in [0.1, 0.15) is 11.6 Å². The molecule has 2 atom stereocenters. The van der Waals surface area contributed by atoms with Gasteiger partial charge in [-0.25, -0.2) is 14.3 Å². The van der Waals surface area contributed by atoms with Gasteiger partial charge in [0, 0.05) is 17.1 Å². The Morgan fingerprint density at radius 1 is 1.08 bits per heavy atom. The number of aliphatic hydroxyl groups is 1. The average Bonchev–Trinajstić information content (AvgIpc) is 3.13. The molecule has 2 aromatic carbocycles. The van der Waals surface area contributed by atoms with Gasteiger partial charge in [-0.3, -0.25) is 9.36 Å². The minimum absolute atomic E-state index is 0.0549. The zero-order chi connectivity index (χ0) is 28.2. The zero-order valence-electron chi connectivity index (χ0n) is 19.0. The molecule has 0 fully saturated rings. The lowest BCUT2D eigenvalue weighted by Gasteiger charge is -2.20. The lowest BCUT2D eigenvalue weighted by Crippen LogP contribution is -2.41. The van der Waals surface area contributed by atoms with Gasteiger partial charge in [0.1, 0.15) is 6.54 Å². The van der Waals surface area contributed by atoms with Crippen LogP contribution in [0.5, 0.6) is 0 Å². The van der Waals surface area contributed by atoms with Crippen LogP contribution in [0.15, 0.2) is 47.3 Å². The standard InChI is InChI=1S/C22H19Cl3F3N5O5/c23-12-6-4-11(5-7-12)19-31-33(21(38)32(19)9-16(34)22(26,27)28)10-17(35)30-15(8-29-20(36)37)13-2-1-3-14(24)18(13)25/h1-7,15-16,29,34H,8-10H2,(H,30,35)(H,36,37)/t15?,16-/m0/s1. The first-order valence-corrected chi connectivity index (χ1v) is 11.8. The molecule has 0 spiro atoms. The minimum atomic E-state index is -5.02. The highest BCUT2D eigenvalue weighted by molar-refractivity contribution is 6.42. The maximum atomic E-state index is 13.0. The highest BCUT2D eigenvalue weighted by Crippen LogP contribution is 2.30. The molecule has 204 valence electrons. The van der Waals surface area contributed by atoms with E-state index in [1.165, 1.54) is 42.5 Å². The number of carboxylic acid groups (broad SMARTS) is 1. The Kier molecular flexibility index (Phi) is 9.31. The van der Waals surface area contributed by atoms with Gasteiger partial charge in [0.2, 0.25) is 5.91 Å². The zero-order valence-corrected chi connectivity index (χ0v) is 21.3. The molecule has 2 amide bonds. The van der Waals surface area contributed by atoms with Crippen LogP contribution in [0.25, 0.3) is 11.4 Å². The van der Waals surface area contributed by atoms with Crippen molar-refractivity contribution in [2.75, 3.05) is 6.54 Å². The van der Waals surface area contributed by atoms with Gasteiger partial charge in [0.05, 0.1) is 22.6 Å². The van der Waals surface area contributed by atoms with Gasteiger partial charge in [0.25, 0.3) is 0 Å². The topological polar surface area (TPSA) is 138 Å². The second-order valence-electron chi connectivity index (χ2n) is 7.89. The molecule has 1 unspecified atom stereocenters. The van der Waals surface area contributed by atoms with Gasteiger partial charge >= 0.3 is 18.0 Å². The number of carbonyl (C=O) groups excluding carboxylic acids is 1. The number of hydrogen-bond acceptors (Lipinski definition) is 5. The SMILES string of the molecule is O=C(O)NCC(NC(=O)Cn1nc(-c2ccc(Cl)cc2)n(C[C@H](O)C(F)(F)F)c1=O)c1cccc(Cl)c1Cl. The first kappa shape index (κ1) is 29.3. The molecule has 16 heteroatoms. The number of amides is 2. The number of hydrogen-bond donors (Lipinski definition) is 4. The van der Waals surface area contributed by atoms with Gasteiger partial charge < -0.3 is 20.8 Å². The van der Waals surface area contributed by atoms with E-state index in [0.29, 0.717) is 14.3 Å². The fourth-order valence-corrected chi connectivity index (χ4v) is 3.96. The summed E-state index contributed by atoms with van der Waals surface area (Å²) in [4.78, 5) is 36.8. The molecule has 0 bridgehead atoms. The average molecular weight is 597 g/mol. The van der Waals surface area contributed by atoms with E-state index in [-0.39, 0.29) is 33.5 Å². The first-order chi connectivity index (χ1) is 17.8. The van der Waals surface area contributed by atoms with E-state index in [1.807, 2.05) is 0 Å². The Labute approximate surface area is 227 Å². The van der Waals surface area contributed by atoms with E-state index in [0.717, 1.165) is 0 Å². The van der Waals surface area contributed by atoms with Crippen LogP contribution in [0.4, 0.5) is 18.0 Å².